The minimum Gasteiger partial charge on any atom is -0.497 e. The molecule has 0 fully saturated rings. The van der Waals surface area contributed by atoms with Gasteiger partial charge in [-0.3, -0.25) is 14.2 Å². The van der Waals surface area contributed by atoms with E-state index < -0.39 is 5.69 Å². The molecular weight excluding hydrogens is 382 g/mol. The number of fused-ring (bicyclic) bond motifs is 1. The van der Waals surface area contributed by atoms with Crippen molar-refractivity contribution >= 4 is 16.8 Å². The molecule has 158 valence electrons. The third kappa shape index (κ3) is 4.79. The Bertz CT molecular complexity index is 1130. The van der Waals surface area contributed by atoms with Crippen LogP contribution in [0.4, 0.5) is 0 Å². The molecule has 0 aliphatic carbocycles. The van der Waals surface area contributed by atoms with E-state index in [1.54, 1.807) is 31.4 Å². The van der Waals surface area contributed by atoms with E-state index in [1.165, 1.54) is 0 Å². The maximum atomic E-state index is 12.6. The van der Waals surface area contributed by atoms with E-state index in [9.17, 15) is 14.4 Å². The first-order chi connectivity index (χ1) is 14.4. The van der Waals surface area contributed by atoms with Crippen LogP contribution in [0.25, 0.3) is 10.9 Å². The number of aromatic amines is 1. The number of hydrogen-bond acceptors (Lipinski definition) is 4. The van der Waals surface area contributed by atoms with Gasteiger partial charge in [-0.05, 0) is 42.2 Å². The summed E-state index contributed by atoms with van der Waals surface area (Å²) in [5.74, 6) is 0.849. The van der Waals surface area contributed by atoms with Gasteiger partial charge in [0.2, 0.25) is 5.91 Å². The van der Waals surface area contributed by atoms with Crippen LogP contribution in [0.5, 0.6) is 5.75 Å². The number of methoxy groups -OCH3 is 1. The third-order valence-electron chi connectivity index (χ3n) is 5.13. The molecule has 0 saturated heterocycles. The Labute approximate surface area is 174 Å². The molecule has 0 unspecified atom stereocenters. The van der Waals surface area contributed by atoms with E-state index in [4.69, 9.17) is 4.74 Å². The lowest BCUT2D eigenvalue weighted by Gasteiger charge is -2.23. The third-order valence-corrected chi connectivity index (χ3v) is 5.13. The van der Waals surface area contributed by atoms with Crippen molar-refractivity contribution in [3.05, 3.63) is 74.9 Å². The van der Waals surface area contributed by atoms with Gasteiger partial charge in [-0.1, -0.05) is 38.1 Å². The molecule has 2 aromatic carbocycles. The van der Waals surface area contributed by atoms with Crippen molar-refractivity contribution in [2.45, 2.75) is 39.3 Å². The summed E-state index contributed by atoms with van der Waals surface area (Å²) in [5.41, 5.74) is 0.715. The molecule has 3 aromatic rings. The summed E-state index contributed by atoms with van der Waals surface area (Å²) in [4.78, 5) is 40.0. The Morgan fingerprint density at radius 2 is 1.80 bits per heavy atom. The van der Waals surface area contributed by atoms with Crippen LogP contribution >= 0.6 is 0 Å². The average Bonchev–Trinajstić information content (AvgIpc) is 2.74. The van der Waals surface area contributed by atoms with Gasteiger partial charge in [-0.25, -0.2) is 4.79 Å². The number of ether oxygens (including phenoxy) is 1. The van der Waals surface area contributed by atoms with Gasteiger partial charge in [0.25, 0.3) is 5.56 Å². The molecule has 7 nitrogen and oxygen atoms in total. The van der Waals surface area contributed by atoms with E-state index in [0.717, 1.165) is 15.9 Å². The van der Waals surface area contributed by atoms with Gasteiger partial charge >= 0.3 is 5.69 Å². The number of nitrogens with one attached hydrogen (secondary N) is 2. The zero-order chi connectivity index (χ0) is 21.7. The summed E-state index contributed by atoms with van der Waals surface area (Å²) >= 11 is 0. The van der Waals surface area contributed by atoms with E-state index in [2.05, 4.69) is 10.3 Å². The number of hydrogen-bond donors (Lipinski definition) is 2. The van der Waals surface area contributed by atoms with Gasteiger partial charge in [0, 0.05) is 13.0 Å². The fraction of sp³-hybridized carbons (Fsp3) is 0.348. The maximum absolute atomic E-state index is 12.6. The lowest BCUT2D eigenvalue weighted by molar-refractivity contribution is -0.122. The van der Waals surface area contributed by atoms with Crippen LogP contribution in [0.3, 0.4) is 0 Å². The van der Waals surface area contributed by atoms with E-state index >= 15 is 0 Å². The fourth-order valence-corrected chi connectivity index (χ4v) is 3.49. The number of benzene rings is 2. The monoisotopic (exact) mass is 409 g/mol. The smallest absolute Gasteiger partial charge is 0.328 e. The minimum atomic E-state index is -0.461. The average molecular weight is 409 g/mol. The number of H-pyrrole nitrogens is 1. The molecule has 1 amide bonds. The zero-order valence-electron chi connectivity index (χ0n) is 17.5. The number of rotatable bonds is 8. The molecule has 0 bridgehead atoms. The van der Waals surface area contributed by atoms with Gasteiger partial charge < -0.3 is 15.0 Å². The van der Waals surface area contributed by atoms with Gasteiger partial charge in [0.15, 0.2) is 0 Å². The molecule has 30 heavy (non-hydrogen) atoms. The Morgan fingerprint density at radius 1 is 1.10 bits per heavy atom. The van der Waals surface area contributed by atoms with Crippen molar-refractivity contribution in [3.8, 4) is 5.75 Å². The number of para-hydroxylation sites is 1. The normalized spacial score (nSPS) is 12.1. The lowest BCUT2D eigenvalue weighted by Crippen LogP contribution is -2.36. The highest BCUT2D eigenvalue weighted by Crippen LogP contribution is 2.24. The Hall–Kier alpha value is -3.35. The molecule has 3 rings (SSSR count). The Morgan fingerprint density at radius 3 is 2.47 bits per heavy atom. The molecule has 0 saturated carbocycles. The van der Waals surface area contributed by atoms with E-state index in [0.29, 0.717) is 17.3 Å². The highest BCUT2D eigenvalue weighted by atomic mass is 16.5. The number of aromatic nitrogens is 2. The molecule has 0 aliphatic heterocycles. The molecule has 0 aliphatic rings. The summed E-state index contributed by atoms with van der Waals surface area (Å²) in [6, 6.07) is 14.4. The van der Waals surface area contributed by atoms with E-state index in [1.807, 2.05) is 38.1 Å². The Kier molecular flexibility index (Phi) is 6.72. The van der Waals surface area contributed by atoms with Crippen molar-refractivity contribution in [1.82, 2.24) is 14.9 Å². The molecule has 0 radical (unpaired) electrons. The van der Waals surface area contributed by atoms with Crippen molar-refractivity contribution < 1.29 is 9.53 Å². The van der Waals surface area contributed by atoms with Crippen LogP contribution in [0.15, 0.2) is 58.1 Å². The predicted molar refractivity (Wildman–Crippen MR) is 117 cm³/mol. The fourth-order valence-electron chi connectivity index (χ4n) is 3.49. The number of carbonyl (C=O) groups excluding carboxylic acids is 1. The summed E-state index contributed by atoms with van der Waals surface area (Å²) in [6.07, 6.45) is 0.610. The first kappa shape index (κ1) is 21.4. The second-order valence-corrected chi connectivity index (χ2v) is 7.60. The zero-order valence-corrected chi connectivity index (χ0v) is 17.5. The van der Waals surface area contributed by atoms with Crippen molar-refractivity contribution in [1.29, 1.82) is 0 Å². The second kappa shape index (κ2) is 9.43. The van der Waals surface area contributed by atoms with Crippen LogP contribution in [-0.2, 0) is 11.3 Å². The Balaban J connectivity index is 1.64. The quantitative estimate of drug-likeness (QED) is 0.598. The first-order valence-corrected chi connectivity index (χ1v) is 10.1. The topological polar surface area (TPSA) is 93.2 Å². The molecule has 1 heterocycles. The van der Waals surface area contributed by atoms with Crippen LogP contribution in [0.1, 0.15) is 38.3 Å². The molecule has 2 N–H and O–H groups in total. The second-order valence-electron chi connectivity index (χ2n) is 7.60. The number of amides is 1. The van der Waals surface area contributed by atoms with Gasteiger partial charge in [-0.2, -0.15) is 0 Å². The van der Waals surface area contributed by atoms with Crippen molar-refractivity contribution in [2.75, 3.05) is 7.11 Å². The summed E-state index contributed by atoms with van der Waals surface area (Å²) in [6.45, 7) is 4.27. The van der Waals surface area contributed by atoms with E-state index in [-0.39, 0.29) is 36.4 Å². The molecular formula is C23H27N3O4. The molecule has 1 aromatic heterocycles. The first-order valence-electron chi connectivity index (χ1n) is 10.1. The largest absolute Gasteiger partial charge is 0.497 e. The number of nitrogens with zero attached hydrogens (tertiary/aromatic N) is 1. The lowest BCUT2D eigenvalue weighted by atomic mass is 9.95. The summed E-state index contributed by atoms with van der Waals surface area (Å²) in [5, 5.41) is 3.52. The number of carbonyl (C=O) groups is 1. The van der Waals surface area contributed by atoms with Gasteiger partial charge in [-0.15, -0.1) is 0 Å². The van der Waals surface area contributed by atoms with Crippen molar-refractivity contribution in [3.63, 3.8) is 0 Å². The van der Waals surface area contributed by atoms with Crippen LogP contribution < -0.4 is 21.3 Å². The molecule has 1 atom stereocenters. The SMILES string of the molecule is COc1ccc([C@H](NC(=O)CCCn2c(=O)[nH]c3ccccc3c2=O)C(C)C)cc1. The van der Waals surface area contributed by atoms with Crippen LogP contribution in [0, 0.1) is 5.92 Å². The summed E-state index contributed by atoms with van der Waals surface area (Å²) in [7, 11) is 1.61. The minimum absolute atomic E-state index is 0.116. The standard InChI is InChI=1S/C23H27N3O4/c1-15(2)21(16-10-12-17(30-3)13-11-16)25-20(27)9-6-14-26-22(28)18-7-4-5-8-19(18)24-23(26)29/h4-5,7-8,10-13,15,21H,6,9,14H2,1-3H3,(H,24,29)(H,25,27)/t21-/m1/s1. The highest BCUT2D eigenvalue weighted by Gasteiger charge is 2.18. The van der Waals surface area contributed by atoms with Crippen LogP contribution in [0.2, 0.25) is 0 Å². The molecule has 7 heteroatoms. The van der Waals surface area contributed by atoms with Gasteiger partial charge in [0.05, 0.1) is 24.1 Å². The highest BCUT2D eigenvalue weighted by molar-refractivity contribution is 5.77. The maximum Gasteiger partial charge on any atom is 0.328 e. The van der Waals surface area contributed by atoms with Crippen LogP contribution in [-0.4, -0.2) is 22.6 Å². The predicted octanol–water partition coefficient (Wildman–Crippen LogP) is 2.99. The van der Waals surface area contributed by atoms with Gasteiger partial charge in [0.1, 0.15) is 5.75 Å². The van der Waals surface area contributed by atoms with Crippen molar-refractivity contribution in [2.24, 2.45) is 5.92 Å². The summed E-state index contributed by atoms with van der Waals surface area (Å²) < 4.78 is 6.34. The molecule has 0 spiro atoms.